The third-order valence-corrected chi connectivity index (χ3v) is 2.28. The molecule has 0 N–H and O–H groups in total. The van der Waals surface area contributed by atoms with E-state index in [0.29, 0.717) is 0 Å². The minimum Gasteiger partial charge on any atom is -0.469 e. The Morgan fingerprint density at radius 1 is 1.11 bits per heavy atom. The average molecular weight is 244 g/mol. The van der Waals surface area contributed by atoms with Gasteiger partial charge in [-0.15, -0.1) is 0 Å². The normalized spacial score (nSPS) is 10.9. The van der Waals surface area contributed by atoms with Gasteiger partial charge in [-0.05, 0) is 11.6 Å². The number of ketones is 1. The highest BCUT2D eigenvalue weighted by atomic mass is 16.5. The van der Waals surface area contributed by atoms with Crippen molar-refractivity contribution in [1.82, 2.24) is 0 Å². The van der Waals surface area contributed by atoms with Gasteiger partial charge >= 0.3 is 5.97 Å². The number of hydrogen-bond donors (Lipinski definition) is 0. The fraction of sp³-hybridized carbons (Fsp3) is 0.200. The van der Waals surface area contributed by atoms with Crippen molar-refractivity contribution in [3.8, 4) is 0 Å². The van der Waals surface area contributed by atoms with Gasteiger partial charge in [0, 0.05) is 6.42 Å². The van der Waals surface area contributed by atoms with E-state index in [-0.39, 0.29) is 24.6 Å². The number of esters is 1. The molecule has 3 heteroatoms. The quantitative estimate of drug-likeness (QED) is 0.439. The minimum atomic E-state index is -0.364. The topological polar surface area (TPSA) is 43.4 Å². The van der Waals surface area contributed by atoms with Crippen molar-refractivity contribution in [3.05, 3.63) is 54.1 Å². The molecule has 0 saturated heterocycles. The third-order valence-electron chi connectivity index (χ3n) is 2.28. The molecule has 1 rings (SSSR count). The maximum atomic E-state index is 11.3. The van der Waals surface area contributed by atoms with Gasteiger partial charge in [-0.1, -0.05) is 48.6 Å². The van der Waals surface area contributed by atoms with Crippen LogP contribution in [0.5, 0.6) is 0 Å². The first kappa shape index (κ1) is 13.9. The highest BCUT2D eigenvalue weighted by molar-refractivity contribution is 5.92. The van der Waals surface area contributed by atoms with Crippen LogP contribution in [0.2, 0.25) is 0 Å². The lowest BCUT2D eigenvalue weighted by atomic mass is 10.2. The average Bonchev–Trinajstić information content (AvgIpc) is 2.42. The van der Waals surface area contributed by atoms with Crippen LogP contribution in [0.4, 0.5) is 0 Å². The van der Waals surface area contributed by atoms with Crippen molar-refractivity contribution in [2.24, 2.45) is 0 Å². The fourth-order valence-electron chi connectivity index (χ4n) is 1.30. The molecule has 0 heterocycles. The van der Waals surface area contributed by atoms with Gasteiger partial charge in [0.2, 0.25) is 0 Å². The Morgan fingerprint density at radius 2 is 1.83 bits per heavy atom. The summed E-state index contributed by atoms with van der Waals surface area (Å²) in [4.78, 5) is 22.2. The maximum absolute atomic E-state index is 11.3. The molecule has 0 spiro atoms. The number of hydrogen-bond acceptors (Lipinski definition) is 3. The molecule has 1 aromatic carbocycles. The van der Waals surface area contributed by atoms with Crippen molar-refractivity contribution in [1.29, 1.82) is 0 Å². The largest absolute Gasteiger partial charge is 0.469 e. The standard InChI is InChI=1S/C15H16O3/c1-18-15(17)12-11-14(16)10-6-5-9-13-7-3-2-4-8-13/h2-10H,11-12H2,1H3/b9-5+,10-6+. The molecule has 0 aliphatic rings. The van der Waals surface area contributed by atoms with E-state index in [9.17, 15) is 9.59 Å². The summed E-state index contributed by atoms with van der Waals surface area (Å²) in [5.74, 6) is -0.449. The van der Waals surface area contributed by atoms with Crippen LogP contribution in [-0.2, 0) is 14.3 Å². The van der Waals surface area contributed by atoms with Gasteiger partial charge in [0.15, 0.2) is 5.78 Å². The van der Waals surface area contributed by atoms with Crippen molar-refractivity contribution in [2.45, 2.75) is 12.8 Å². The van der Waals surface area contributed by atoms with E-state index in [4.69, 9.17) is 0 Å². The summed E-state index contributed by atoms with van der Waals surface area (Å²) >= 11 is 0. The number of rotatable bonds is 6. The number of ether oxygens (including phenoxy) is 1. The van der Waals surface area contributed by atoms with Crippen LogP contribution < -0.4 is 0 Å². The summed E-state index contributed by atoms with van der Waals surface area (Å²) in [5, 5.41) is 0. The summed E-state index contributed by atoms with van der Waals surface area (Å²) in [6.07, 6.45) is 7.15. The molecule has 3 nitrogen and oxygen atoms in total. The van der Waals surface area contributed by atoms with E-state index in [2.05, 4.69) is 4.74 Å². The van der Waals surface area contributed by atoms with Gasteiger partial charge in [0.25, 0.3) is 0 Å². The summed E-state index contributed by atoms with van der Waals surface area (Å²) in [6.45, 7) is 0. The van der Waals surface area contributed by atoms with E-state index < -0.39 is 0 Å². The molecule has 0 fully saturated rings. The van der Waals surface area contributed by atoms with E-state index in [0.717, 1.165) is 5.56 Å². The molecule has 0 unspecified atom stereocenters. The van der Waals surface area contributed by atoms with Crippen molar-refractivity contribution < 1.29 is 14.3 Å². The smallest absolute Gasteiger partial charge is 0.305 e. The van der Waals surface area contributed by atoms with Crippen molar-refractivity contribution in [3.63, 3.8) is 0 Å². The lowest BCUT2D eigenvalue weighted by molar-refractivity contribution is -0.141. The number of methoxy groups -OCH3 is 1. The molecular formula is C15H16O3. The first-order valence-corrected chi connectivity index (χ1v) is 5.72. The molecule has 0 atom stereocenters. The molecule has 0 aliphatic heterocycles. The fourth-order valence-corrected chi connectivity index (χ4v) is 1.30. The molecular weight excluding hydrogens is 228 g/mol. The number of allylic oxidation sites excluding steroid dienone is 3. The minimum absolute atomic E-state index is 0.0851. The van der Waals surface area contributed by atoms with Crippen molar-refractivity contribution >= 4 is 17.8 Å². The number of carbonyl (C=O) groups is 2. The van der Waals surface area contributed by atoms with Crippen LogP contribution in [0.25, 0.3) is 6.08 Å². The lowest BCUT2D eigenvalue weighted by Gasteiger charge is -1.94. The molecule has 1 aromatic rings. The SMILES string of the molecule is COC(=O)CCC(=O)/C=C/C=C/c1ccccc1. The van der Waals surface area contributed by atoms with Gasteiger partial charge in [-0.25, -0.2) is 0 Å². The Balaban J connectivity index is 2.34. The maximum Gasteiger partial charge on any atom is 0.305 e. The van der Waals surface area contributed by atoms with Gasteiger partial charge < -0.3 is 4.74 Å². The summed E-state index contributed by atoms with van der Waals surface area (Å²) in [7, 11) is 1.31. The van der Waals surface area contributed by atoms with Crippen LogP contribution in [0.15, 0.2) is 48.6 Å². The molecule has 0 aliphatic carbocycles. The second kappa shape index (κ2) is 8.01. The Bertz CT molecular complexity index is 444. The van der Waals surface area contributed by atoms with Crippen molar-refractivity contribution in [2.75, 3.05) is 7.11 Å². The van der Waals surface area contributed by atoms with E-state index in [1.807, 2.05) is 36.4 Å². The Labute approximate surface area is 107 Å². The highest BCUT2D eigenvalue weighted by Gasteiger charge is 2.02. The molecule has 0 bridgehead atoms. The monoisotopic (exact) mass is 244 g/mol. The first-order chi connectivity index (χ1) is 8.72. The first-order valence-electron chi connectivity index (χ1n) is 5.72. The van der Waals surface area contributed by atoms with Crippen LogP contribution in [-0.4, -0.2) is 18.9 Å². The Hall–Kier alpha value is -2.16. The third kappa shape index (κ3) is 5.80. The van der Waals surface area contributed by atoms with Gasteiger partial charge in [0.05, 0.1) is 13.5 Å². The number of carbonyl (C=O) groups excluding carboxylic acids is 2. The zero-order valence-electron chi connectivity index (χ0n) is 10.3. The van der Waals surface area contributed by atoms with Gasteiger partial charge in [0.1, 0.15) is 0 Å². The molecule has 0 amide bonds. The second-order valence-electron chi connectivity index (χ2n) is 3.67. The predicted octanol–water partition coefficient (Wildman–Crippen LogP) is 2.78. The molecule has 0 aromatic heterocycles. The zero-order valence-corrected chi connectivity index (χ0v) is 10.3. The number of benzene rings is 1. The van der Waals surface area contributed by atoms with E-state index >= 15 is 0 Å². The molecule has 0 radical (unpaired) electrons. The van der Waals surface area contributed by atoms with E-state index in [1.165, 1.54) is 13.2 Å². The zero-order chi connectivity index (χ0) is 13.2. The van der Waals surface area contributed by atoms with Crippen LogP contribution in [0, 0.1) is 0 Å². The summed E-state index contributed by atoms with van der Waals surface area (Å²) in [5.41, 5.74) is 1.07. The molecule has 0 saturated carbocycles. The Morgan fingerprint density at radius 3 is 2.50 bits per heavy atom. The Kier molecular flexibility index (Phi) is 6.19. The summed E-state index contributed by atoms with van der Waals surface area (Å²) < 4.78 is 4.45. The van der Waals surface area contributed by atoms with Crippen LogP contribution in [0.3, 0.4) is 0 Å². The van der Waals surface area contributed by atoms with Crippen LogP contribution >= 0.6 is 0 Å². The summed E-state index contributed by atoms with van der Waals surface area (Å²) in [6, 6.07) is 9.80. The van der Waals surface area contributed by atoms with Gasteiger partial charge in [-0.3, -0.25) is 9.59 Å². The van der Waals surface area contributed by atoms with Gasteiger partial charge in [-0.2, -0.15) is 0 Å². The molecule has 18 heavy (non-hydrogen) atoms. The second-order valence-corrected chi connectivity index (χ2v) is 3.67. The van der Waals surface area contributed by atoms with Crippen LogP contribution in [0.1, 0.15) is 18.4 Å². The lowest BCUT2D eigenvalue weighted by Crippen LogP contribution is -2.03. The highest BCUT2D eigenvalue weighted by Crippen LogP contribution is 2.01. The molecule has 94 valence electrons. The van der Waals surface area contributed by atoms with E-state index in [1.54, 1.807) is 12.2 Å². The predicted molar refractivity (Wildman–Crippen MR) is 70.9 cm³/mol.